The smallest absolute Gasteiger partial charge is 0.303 e. The number of carbonyl (C=O) groups is 5. The number of carbonyl (C=O) groups excluding carboxylic acids is 4. The van der Waals surface area contributed by atoms with Gasteiger partial charge in [-0.25, -0.2) is 0 Å². The lowest BCUT2D eigenvalue weighted by Crippen LogP contribution is -2.57. The first-order valence-corrected chi connectivity index (χ1v) is 16.0. The van der Waals surface area contributed by atoms with E-state index in [0.717, 1.165) is 12.0 Å². The van der Waals surface area contributed by atoms with Crippen LogP contribution in [0.5, 0.6) is 0 Å². The Hall–Kier alpha value is -3.47. The predicted molar refractivity (Wildman–Crippen MR) is 172 cm³/mol. The minimum absolute atomic E-state index is 0.00125. The summed E-state index contributed by atoms with van der Waals surface area (Å²) in [5.41, 5.74) is 1.15. The number of benzene rings is 1. The van der Waals surface area contributed by atoms with E-state index < -0.39 is 35.9 Å². The van der Waals surface area contributed by atoms with Gasteiger partial charge in [-0.1, -0.05) is 77.8 Å². The van der Waals surface area contributed by atoms with Crippen molar-refractivity contribution in [3.63, 3.8) is 0 Å². The number of amides is 4. The van der Waals surface area contributed by atoms with Crippen molar-refractivity contribution in [1.29, 1.82) is 0 Å². The van der Waals surface area contributed by atoms with Crippen molar-refractivity contribution in [3.05, 3.63) is 35.9 Å². The van der Waals surface area contributed by atoms with Crippen molar-refractivity contribution < 1.29 is 29.1 Å². The summed E-state index contributed by atoms with van der Waals surface area (Å²) in [6.45, 7) is 12.5. The molecular weight excluding hydrogens is 562 g/mol. The lowest BCUT2D eigenvalue weighted by Gasteiger charge is -2.28. The summed E-state index contributed by atoms with van der Waals surface area (Å²) in [5, 5.41) is 23.7. The number of aliphatic carboxylic acids is 1. The number of hydrogen-bond donors (Lipinski definition) is 6. The van der Waals surface area contributed by atoms with Crippen LogP contribution < -0.4 is 26.6 Å². The Labute approximate surface area is 263 Å². The van der Waals surface area contributed by atoms with Crippen LogP contribution in [0.25, 0.3) is 0 Å². The molecule has 0 saturated heterocycles. The van der Waals surface area contributed by atoms with Gasteiger partial charge in [0.2, 0.25) is 23.6 Å². The van der Waals surface area contributed by atoms with Crippen LogP contribution in [0, 0.1) is 11.8 Å². The quantitative estimate of drug-likeness (QED) is 0.116. The minimum Gasteiger partial charge on any atom is -0.481 e. The zero-order valence-corrected chi connectivity index (χ0v) is 27.4. The van der Waals surface area contributed by atoms with Crippen LogP contribution in [0.4, 0.5) is 0 Å². The van der Waals surface area contributed by atoms with Crippen molar-refractivity contribution >= 4 is 29.6 Å². The van der Waals surface area contributed by atoms with Gasteiger partial charge in [-0.2, -0.15) is 0 Å². The molecule has 0 unspecified atom stereocenters. The van der Waals surface area contributed by atoms with Gasteiger partial charge in [0, 0.05) is 32.0 Å². The summed E-state index contributed by atoms with van der Waals surface area (Å²) >= 11 is 0. The number of carboxylic acids is 1. The van der Waals surface area contributed by atoms with Gasteiger partial charge in [-0.15, -0.1) is 0 Å². The number of rotatable bonds is 22. The molecule has 0 heterocycles. The van der Waals surface area contributed by atoms with Crippen molar-refractivity contribution in [3.8, 4) is 0 Å². The van der Waals surface area contributed by atoms with E-state index >= 15 is 0 Å². The maximum absolute atomic E-state index is 13.4. The van der Waals surface area contributed by atoms with E-state index in [0.29, 0.717) is 38.8 Å². The fourth-order valence-corrected chi connectivity index (χ4v) is 4.77. The van der Waals surface area contributed by atoms with Crippen LogP contribution in [0.15, 0.2) is 30.3 Å². The molecule has 6 N–H and O–H groups in total. The third-order valence-corrected chi connectivity index (χ3v) is 7.54. The van der Waals surface area contributed by atoms with Crippen LogP contribution >= 0.6 is 0 Å². The molecule has 0 spiro atoms. The topological polar surface area (TPSA) is 166 Å². The molecule has 248 valence electrons. The molecule has 5 atom stereocenters. The molecule has 0 saturated carbocycles. The standard InChI is InChI=1S/C33H55N5O6/c1-7-13-27(37-33(44)30(23(5)8-2)38-28(39)16-12-17-29(40)41)32(43)36-26(20-22(3)4)21-35-24(6)31(42)34-19-18-25-14-10-9-11-15-25/h9-11,14-15,22-24,26-27,30,35H,7-8,12-13,16-21H2,1-6H3,(H,34,42)(H,36,43)(H,37,44)(H,38,39)(H,40,41)/t23-,24-,26-,27-,30-/m0/s1. The first kappa shape index (κ1) is 38.6. The SMILES string of the molecule is CCC[C@H](NC(=O)[C@@H](NC(=O)CCCC(=O)O)[C@@H](C)CC)C(=O)N[C@H](CN[C@@H](C)C(=O)NCCc1ccccc1)CC(C)C. The highest BCUT2D eigenvalue weighted by molar-refractivity contribution is 5.92. The number of carboxylic acid groups (broad SMARTS) is 1. The van der Waals surface area contributed by atoms with E-state index in [-0.39, 0.29) is 49.0 Å². The van der Waals surface area contributed by atoms with Gasteiger partial charge in [-0.3, -0.25) is 24.0 Å². The Morgan fingerprint density at radius 1 is 0.841 bits per heavy atom. The molecule has 44 heavy (non-hydrogen) atoms. The summed E-state index contributed by atoms with van der Waals surface area (Å²) < 4.78 is 0. The van der Waals surface area contributed by atoms with Gasteiger partial charge < -0.3 is 31.7 Å². The van der Waals surface area contributed by atoms with Gasteiger partial charge in [0.05, 0.1) is 6.04 Å². The molecule has 0 aliphatic carbocycles. The molecule has 0 fully saturated rings. The molecule has 0 aliphatic rings. The number of nitrogens with one attached hydrogen (secondary N) is 5. The number of hydrogen-bond acceptors (Lipinski definition) is 6. The van der Waals surface area contributed by atoms with E-state index in [1.54, 1.807) is 6.92 Å². The third kappa shape index (κ3) is 15.8. The van der Waals surface area contributed by atoms with Crippen molar-refractivity contribution in [2.45, 2.75) is 117 Å². The van der Waals surface area contributed by atoms with Crippen LogP contribution in [-0.2, 0) is 30.4 Å². The van der Waals surface area contributed by atoms with Gasteiger partial charge in [0.25, 0.3) is 0 Å². The molecule has 1 aromatic rings. The van der Waals surface area contributed by atoms with Crippen LogP contribution in [0.2, 0.25) is 0 Å². The molecule has 0 radical (unpaired) electrons. The second-order valence-corrected chi connectivity index (χ2v) is 12.0. The molecule has 11 heteroatoms. The van der Waals surface area contributed by atoms with Crippen molar-refractivity contribution in [2.75, 3.05) is 13.1 Å². The molecule has 1 aromatic carbocycles. The van der Waals surface area contributed by atoms with Crippen LogP contribution in [0.3, 0.4) is 0 Å². The third-order valence-electron chi connectivity index (χ3n) is 7.54. The highest BCUT2D eigenvalue weighted by atomic mass is 16.4. The summed E-state index contributed by atoms with van der Waals surface area (Å²) in [4.78, 5) is 62.6. The second-order valence-electron chi connectivity index (χ2n) is 12.0. The normalized spacial score (nSPS) is 14.5. The van der Waals surface area contributed by atoms with Gasteiger partial charge in [0.1, 0.15) is 12.1 Å². The zero-order valence-electron chi connectivity index (χ0n) is 27.4. The van der Waals surface area contributed by atoms with E-state index in [9.17, 15) is 24.0 Å². The fraction of sp³-hybridized carbons (Fsp3) is 0.667. The van der Waals surface area contributed by atoms with Crippen LogP contribution in [-0.4, -0.2) is 72.0 Å². The summed E-state index contributed by atoms with van der Waals surface area (Å²) in [5.74, 6) is -2.17. The second kappa shape index (κ2) is 21.3. The lowest BCUT2D eigenvalue weighted by atomic mass is 9.97. The summed E-state index contributed by atoms with van der Waals surface area (Å²) in [7, 11) is 0. The molecule has 1 rings (SSSR count). The van der Waals surface area contributed by atoms with Gasteiger partial charge in [-0.05, 0) is 50.0 Å². The highest BCUT2D eigenvalue weighted by Gasteiger charge is 2.30. The summed E-state index contributed by atoms with van der Waals surface area (Å²) in [6.07, 6.45) is 3.15. The zero-order chi connectivity index (χ0) is 33.1. The van der Waals surface area contributed by atoms with E-state index in [4.69, 9.17) is 5.11 Å². The molecule has 4 amide bonds. The Balaban J connectivity index is 2.78. The average Bonchev–Trinajstić information content (AvgIpc) is 2.97. The predicted octanol–water partition coefficient (Wildman–Crippen LogP) is 2.93. The van der Waals surface area contributed by atoms with Crippen LogP contribution in [0.1, 0.15) is 92.1 Å². The maximum Gasteiger partial charge on any atom is 0.303 e. The molecule has 0 aromatic heterocycles. The molecule has 0 bridgehead atoms. The Bertz CT molecular complexity index is 1030. The Kier molecular flexibility index (Phi) is 18.6. The fourth-order valence-electron chi connectivity index (χ4n) is 4.77. The van der Waals surface area contributed by atoms with E-state index in [1.807, 2.05) is 51.1 Å². The highest BCUT2D eigenvalue weighted by Crippen LogP contribution is 2.11. The first-order valence-electron chi connectivity index (χ1n) is 16.0. The average molecular weight is 618 g/mol. The van der Waals surface area contributed by atoms with Gasteiger partial charge >= 0.3 is 5.97 Å². The first-order chi connectivity index (χ1) is 20.9. The van der Waals surface area contributed by atoms with E-state index in [1.165, 1.54) is 0 Å². The lowest BCUT2D eigenvalue weighted by molar-refractivity contribution is -0.137. The molecular formula is C33H55N5O6. The Morgan fingerprint density at radius 3 is 2.11 bits per heavy atom. The molecule has 0 aliphatic heterocycles. The summed E-state index contributed by atoms with van der Waals surface area (Å²) in [6, 6.07) is 7.57. The molecule has 11 nitrogen and oxygen atoms in total. The van der Waals surface area contributed by atoms with Crippen molar-refractivity contribution in [2.24, 2.45) is 11.8 Å². The van der Waals surface area contributed by atoms with Gasteiger partial charge in [0.15, 0.2) is 0 Å². The van der Waals surface area contributed by atoms with Crippen molar-refractivity contribution in [1.82, 2.24) is 26.6 Å². The Morgan fingerprint density at radius 2 is 1.52 bits per heavy atom. The minimum atomic E-state index is -0.982. The van der Waals surface area contributed by atoms with E-state index in [2.05, 4.69) is 40.4 Å². The largest absolute Gasteiger partial charge is 0.481 e. The maximum atomic E-state index is 13.4. The monoisotopic (exact) mass is 617 g/mol.